The summed E-state index contributed by atoms with van der Waals surface area (Å²) in [5, 5.41) is 2.86. The molecule has 1 atom stereocenters. The van der Waals surface area contributed by atoms with Crippen molar-refractivity contribution in [3.8, 4) is 0 Å². The number of halogens is 1. The molecular weight excluding hydrogens is 341 g/mol. The van der Waals surface area contributed by atoms with Crippen molar-refractivity contribution in [3.05, 3.63) is 71.0 Å². The SMILES string of the molecule is Cc1cccc(CN2CCN(C(C)C(=O)NCc3ccccc3F)CC2)c1. The van der Waals surface area contributed by atoms with Gasteiger partial charge in [0.25, 0.3) is 0 Å². The van der Waals surface area contributed by atoms with Crippen LogP contribution in [0.4, 0.5) is 4.39 Å². The number of nitrogens with one attached hydrogen (secondary N) is 1. The maximum atomic E-state index is 13.7. The van der Waals surface area contributed by atoms with Crippen LogP contribution in [0.25, 0.3) is 0 Å². The number of carbonyl (C=O) groups is 1. The first-order chi connectivity index (χ1) is 13.0. The minimum Gasteiger partial charge on any atom is -0.351 e. The molecule has 1 unspecified atom stereocenters. The second-order valence-electron chi connectivity index (χ2n) is 7.29. The summed E-state index contributed by atoms with van der Waals surface area (Å²) in [6.45, 7) is 8.82. The molecule has 144 valence electrons. The molecule has 4 nitrogen and oxygen atoms in total. The van der Waals surface area contributed by atoms with Crippen molar-refractivity contribution >= 4 is 5.91 Å². The molecule has 0 radical (unpaired) electrons. The summed E-state index contributed by atoms with van der Waals surface area (Å²) in [5.41, 5.74) is 3.13. The fourth-order valence-corrected chi connectivity index (χ4v) is 3.52. The number of nitrogens with zero attached hydrogens (tertiary/aromatic N) is 2. The Balaban J connectivity index is 1.45. The number of amides is 1. The van der Waals surface area contributed by atoms with Gasteiger partial charge in [-0.3, -0.25) is 14.6 Å². The van der Waals surface area contributed by atoms with E-state index in [1.807, 2.05) is 6.92 Å². The van der Waals surface area contributed by atoms with Gasteiger partial charge in [0.15, 0.2) is 0 Å². The van der Waals surface area contributed by atoms with Gasteiger partial charge in [-0.2, -0.15) is 0 Å². The normalized spacial score (nSPS) is 16.9. The number of carbonyl (C=O) groups excluding carboxylic acids is 1. The third-order valence-corrected chi connectivity index (χ3v) is 5.23. The van der Waals surface area contributed by atoms with E-state index in [4.69, 9.17) is 0 Å². The van der Waals surface area contributed by atoms with Crippen LogP contribution >= 0.6 is 0 Å². The second kappa shape index (κ2) is 9.11. The van der Waals surface area contributed by atoms with E-state index in [2.05, 4.69) is 46.3 Å². The average Bonchev–Trinajstić information content (AvgIpc) is 2.67. The van der Waals surface area contributed by atoms with Crippen LogP contribution in [0.3, 0.4) is 0 Å². The summed E-state index contributed by atoms with van der Waals surface area (Å²) in [6.07, 6.45) is 0. The van der Waals surface area contributed by atoms with Crippen LogP contribution in [-0.4, -0.2) is 47.9 Å². The largest absolute Gasteiger partial charge is 0.351 e. The van der Waals surface area contributed by atoms with Crippen LogP contribution in [0, 0.1) is 12.7 Å². The van der Waals surface area contributed by atoms with E-state index in [9.17, 15) is 9.18 Å². The molecule has 0 saturated carbocycles. The molecule has 1 N–H and O–H groups in total. The van der Waals surface area contributed by atoms with Crippen LogP contribution in [0.2, 0.25) is 0 Å². The molecule has 0 aliphatic carbocycles. The number of aryl methyl sites for hydroxylation is 1. The molecule has 1 fully saturated rings. The number of hydrogen-bond donors (Lipinski definition) is 1. The quantitative estimate of drug-likeness (QED) is 0.850. The van der Waals surface area contributed by atoms with Crippen LogP contribution in [0.1, 0.15) is 23.6 Å². The van der Waals surface area contributed by atoms with Crippen molar-refractivity contribution < 1.29 is 9.18 Å². The first kappa shape index (κ1) is 19.5. The lowest BCUT2D eigenvalue weighted by molar-refractivity contribution is -0.126. The molecule has 1 heterocycles. The molecule has 1 saturated heterocycles. The standard InChI is InChI=1S/C22H28FN3O/c1-17-6-5-7-19(14-17)16-25-10-12-26(13-11-25)18(2)22(27)24-15-20-8-3-4-9-21(20)23/h3-9,14,18H,10-13,15-16H2,1-2H3,(H,24,27). The first-order valence-corrected chi connectivity index (χ1v) is 9.56. The zero-order valence-electron chi connectivity index (χ0n) is 16.1. The van der Waals surface area contributed by atoms with E-state index in [0.29, 0.717) is 5.56 Å². The summed E-state index contributed by atoms with van der Waals surface area (Å²) < 4.78 is 13.7. The number of piperazine rings is 1. The molecule has 0 spiro atoms. The molecule has 1 amide bonds. The second-order valence-corrected chi connectivity index (χ2v) is 7.29. The van der Waals surface area contributed by atoms with Gasteiger partial charge in [-0.05, 0) is 25.5 Å². The summed E-state index contributed by atoms with van der Waals surface area (Å²) in [5.74, 6) is -0.333. The third kappa shape index (κ3) is 5.37. The maximum absolute atomic E-state index is 13.7. The Bertz CT molecular complexity index is 772. The van der Waals surface area contributed by atoms with Crippen molar-refractivity contribution in [2.75, 3.05) is 26.2 Å². The molecule has 1 aliphatic heterocycles. The smallest absolute Gasteiger partial charge is 0.237 e. The number of benzene rings is 2. The number of hydrogen-bond acceptors (Lipinski definition) is 3. The van der Waals surface area contributed by atoms with E-state index in [1.54, 1.807) is 18.2 Å². The highest BCUT2D eigenvalue weighted by Crippen LogP contribution is 2.12. The summed E-state index contributed by atoms with van der Waals surface area (Å²) in [4.78, 5) is 17.1. The molecule has 1 aliphatic rings. The molecule has 0 bridgehead atoms. The van der Waals surface area contributed by atoms with E-state index in [-0.39, 0.29) is 24.3 Å². The minimum atomic E-state index is -0.282. The van der Waals surface area contributed by atoms with Crippen molar-refractivity contribution in [1.29, 1.82) is 0 Å². The summed E-state index contributed by atoms with van der Waals surface area (Å²) in [7, 11) is 0. The molecule has 2 aromatic rings. The Morgan fingerprint density at radius 2 is 1.85 bits per heavy atom. The third-order valence-electron chi connectivity index (χ3n) is 5.23. The Hall–Kier alpha value is -2.24. The van der Waals surface area contributed by atoms with Gasteiger partial charge in [-0.25, -0.2) is 4.39 Å². The van der Waals surface area contributed by atoms with Crippen LogP contribution in [-0.2, 0) is 17.9 Å². The van der Waals surface area contributed by atoms with Crippen LogP contribution in [0.15, 0.2) is 48.5 Å². The minimum absolute atomic E-state index is 0.0506. The van der Waals surface area contributed by atoms with Crippen molar-refractivity contribution in [1.82, 2.24) is 15.1 Å². The highest BCUT2D eigenvalue weighted by atomic mass is 19.1. The molecular formula is C22H28FN3O. The molecule has 3 rings (SSSR count). The monoisotopic (exact) mass is 369 g/mol. The van der Waals surface area contributed by atoms with Gasteiger partial charge in [0.1, 0.15) is 5.82 Å². The van der Waals surface area contributed by atoms with Crippen molar-refractivity contribution in [2.45, 2.75) is 33.0 Å². The zero-order valence-corrected chi connectivity index (χ0v) is 16.1. The average molecular weight is 369 g/mol. The fraction of sp³-hybridized carbons (Fsp3) is 0.409. The first-order valence-electron chi connectivity index (χ1n) is 9.56. The van der Waals surface area contributed by atoms with Crippen molar-refractivity contribution in [3.63, 3.8) is 0 Å². The van der Waals surface area contributed by atoms with Gasteiger partial charge >= 0.3 is 0 Å². The van der Waals surface area contributed by atoms with Crippen molar-refractivity contribution in [2.24, 2.45) is 0 Å². The molecule has 2 aromatic carbocycles. The Morgan fingerprint density at radius 3 is 2.56 bits per heavy atom. The Kier molecular flexibility index (Phi) is 6.58. The van der Waals surface area contributed by atoms with Gasteiger partial charge in [0, 0.05) is 44.8 Å². The van der Waals surface area contributed by atoms with Crippen LogP contribution in [0.5, 0.6) is 0 Å². The lowest BCUT2D eigenvalue weighted by Crippen LogP contribution is -2.53. The van der Waals surface area contributed by atoms with Gasteiger partial charge in [0.2, 0.25) is 5.91 Å². The lowest BCUT2D eigenvalue weighted by atomic mass is 10.1. The van der Waals surface area contributed by atoms with E-state index >= 15 is 0 Å². The van der Waals surface area contributed by atoms with E-state index in [1.165, 1.54) is 17.2 Å². The Morgan fingerprint density at radius 1 is 1.11 bits per heavy atom. The maximum Gasteiger partial charge on any atom is 0.237 e. The lowest BCUT2D eigenvalue weighted by Gasteiger charge is -2.37. The summed E-state index contributed by atoms with van der Waals surface area (Å²) in [6, 6.07) is 14.9. The predicted octanol–water partition coefficient (Wildman–Crippen LogP) is 2.96. The zero-order chi connectivity index (χ0) is 19.2. The molecule has 27 heavy (non-hydrogen) atoms. The Labute approximate surface area is 161 Å². The molecule has 0 aromatic heterocycles. The molecule has 5 heteroatoms. The van der Waals surface area contributed by atoms with E-state index < -0.39 is 0 Å². The van der Waals surface area contributed by atoms with Gasteiger partial charge in [0.05, 0.1) is 6.04 Å². The van der Waals surface area contributed by atoms with Gasteiger partial charge in [-0.1, -0.05) is 48.0 Å². The summed E-state index contributed by atoms with van der Waals surface area (Å²) >= 11 is 0. The van der Waals surface area contributed by atoms with E-state index in [0.717, 1.165) is 32.7 Å². The fourth-order valence-electron chi connectivity index (χ4n) is 3.52. The van der Waals surface area contributed by atoms with Gasteiger partial charge < -0.3 is 5.32 Å². The highest BCUT2D eigenvalue weighted by Gasteiger charge is 2.25. The van der Waals surface area contributed by atoms with Gasteiger partial charge in [-0.15, -0.1) is 0 Å². The van der Waals surface area contributed by atoms with Crippen LogP contribution < -0.4 is 5.32 Å². The number of rotatable bonds is 6. The predicted molar refractivity (Wildman–Crippen MR) is 106 cm³/mol. The highest BCUT2D eigenvalue weighted by molar-refractivity contribution is 5.81. The topological polar surface area (TPSA) is 35.6 Å².